The molecule has 7 heteroatoms. The van der Waals surface area contributed by atoms with Gasteiger partial charge in [0.05, 0.1) is 13.4 Å². The third-order valence-electron chi connectivity index (χ3n) is 2.65. The Hall–Kier alpha value is -2.83. The van der Waals surface area contributed by atoms with E-state index in [1.807, 2.05) is 0 Å². The topological polar surface area (TPSA) is 93.5 Å². The van der Waals surface area contributed by atoms with Gasteiger partial charge in [-0.15, -0.1) is 0 Å². The molecule has 2 aromatic heterocycles. The molecule has 2 amide bonds. The van der Waals surface area contributed by atoms with Crippen LogP contribution in [0.15, 0.2) is 41.1 Å². The van der Waals surface area contributed by atoms with E-state index in [4.69, 9.17) is 9.15 Å². The van der Waals surface area contributed by atoms with E-state index in [1.165, 1.54) is 13.4 Å². The predicted octanol–water partition coefficient (Wildman–Crippen LogP) is 0.843. The number of ether oxygens (including phenoxy) is 1. The van der Waals surface area contributed by atoms with Gasteiger partial charge in [-0.05, 0) is 24.3 Å². The molecule has 0 aliphatic carbocycles. The van der Waals surface area contributed by atoms with Gasteiger partial charge in [0.25, 0.3) is 11.8 Å². The maximum absolute atomic E-state index is 11.9. The molecule has 110 valence electrons. The lowest BCUT2D eigenvalue weighted by Crippen LogP contribution is -2.34. The van der Waals surface area contributed by atoms with Gasteiger partial charge < -0.3 is 19.8 Å². The molecule has 21 heavy (non-hydrogen) atoms. The molecule has 0 unspecified atom stereocenters. The molecule has 2 rings (SSSR count). The Balaban J connectivity index is 1.78. The van der Waals surface area contributed by atoms with Crippen LogP contribution in [0.3, 0.4) is 0 Å². The highest BCUT2D eigenvalue weighted by Gasteiger charge is 2.12. The second kappa shape index (κ2) is 7.09. The molecule has 0 aliphatic rings. The second-order valence-corrected chi connectivity index (χ2v) is 4.05. The Morgan fingerprint density at radius 2 is 1.95 bits per heavy atom. The molecule has 0 aliphatic heterocycles. The number of methoxy groups -OCH3 is 1. The Bertz CT molecular complexity index is 610. The smallest absolute Gasteiger partial charge is 0.287 e. The minimum absolute atomic E-state index is 0.232. The molecule has 2 aromatic rings. The first-order chi connectivity index (χ1) is 10.2. The summed E-state index contributed by atoms with van der Waals surface area (Å²) in [6, 6.07) is 6.46. The zero-order valence-corrected chi connectivity index (χ0v) is 11.5. The van der Waals surface area contributed by atoms with Crippen LogP contribution < -0.4 is 15.4 Å². The summed E-state index contributed by atoms with van der Waals surface area (Å²) in [5.41, 5.74) is 0.345. The zero-order chi connectivity index (χ0) is 15.1. The summed E-state index contributed by atoms with van der Waals surface area (Å²) < 4.78 is 9.95. The molecule has 0 bridgehead atoms. The number of aromatic nitrogens is 1. The van der Waals surface area contributed by atoms with Crippen LogP contribution >= 0.6 is 0 Å². The lowest BCUT2D eigenvalue weighted by molar-refractivity contribution is 0.0909. The minimum Gasteiger partial charge on any atom is -0.480 e. The van der Waals surface area contributed by atoms with Gasteiger partial charge in [0.1, 0.15) is 5.56 Å². The molecule has 0 aromatic carbocycles. The summed E-state index contributed by atoms with van der Waals surface area (Å²) in [6.45, 7) is 0.567. The number of carbonyl (C=O) groups is 2. The quantitative estimate of drug-likeness (QED) is 0.769. The van der Waals surface area contributed by atoms with E-state index in [-0.39, 0.29) is 36.5 Å². The molecule has 0 spiro atoms. The van der Waals surface area contributed by atoms with E-state index in [9.17, 15) is 9.59 Å². The van der Waals surface area contributed by atoms with Crippen LogP contribution in [0.1, 0.15) is 20.9 Å². The number of pyridine rings is 1. The van der Waals surface area contributed by atoms with Crippen molar-refractivity contribution in [1.29, 1.82) is 0 Å². The number of furan rings is 1. The highest BCUT2D eigenvalue weighted by Crippen LogP contribution is 2.12. The Morgan fingerprint density at radius 1 is 1.19 bits per heavy atom. The first kappa shape index (κ1) is 14.6. The largest absolute Gasteiger partial charge is 0.480 e. The summed E-state index contributed by atoms with van der Waals surface area (Å²) in [4.78, 5) is 27.5. The summed E-state index contributed by atoms with van der Waals surface area (Å²) in [6.07, 6.45) is 2.96. The van der Waals surface area contributed by atoms with Crippen molar-refractivity contribution in [3.63, 3.8) is 0 Å². The maximum Gasteiger partial charge on any atom is 0.287 e. The number of carbonyl (C=O) groups excluding carboxylic acids is 2. The van der Waals surface area contributed by atoms with E-state index in [2.05, 4.69) is 15.6 Å². The Kier molecular flexibility index (Phi) is 4.92. The molecular weight excluding hydrogens is 274 g/mol. The van der Waals surface area contributed by atoms with E-state index >= 15 is 0 Å². The molecule has 0 atom stereocenters. The standard InChI is InChI=1S/C14H15N3O4/c1-20-14-10(4-2-6-17-14)12(18)15-7-8-16-13(19)11-5-3-9-21-11/h2-6,9H,7-8H2,1H3,(H,15,18)(H,16,19). The van der Waals surface area contributed by atoms with E-state index < -0.39 is 0 Å². The van der Waals surface area contributed by atoms with Crippen molar-refractivity contribution in [3.8, 4) is 5.88 Å². The average molecular weight is 289 g/mol. The molecule has 0 fully saturated rings. The van der Waals surface area contributed by atoms with Crippen molar-refractivity contribution < 1.29 is 18.7 Å². The van der Waals surface area contributed by atoms with Crippen LogP contribution in [-0.2, 0) is 0 Å². The van der Waals surface area contributed by atoms with E-state index in [0.29, 0.717) is 5.56 Å². The van der Waals surface area contributed by atoms with Gasteiger partial charge in [0.2, 0.25) is 5.88 Å². The van der Waals surface area contributed by atoms with Gasteiger partial charge in [-0.2, -0.15) is 0 Å². The van der Waals surface area contributed by atoms with Crippen LogP contribution in [0, 0.1) is 0 Å². The molecule has 0 saturated carbocycles. The van der Waals surface area contributed by atoms with Crippen LogP contribution in [0.5, 0.6) is 5.88 Å². The van der Waals surface area contributed by atoms with Crippen LogP contribution in [0.25, 0.3) is 0 Å². The minimum atomic E-state index is -0.326. The Labute approximate surface area is 121 Å². The fourth-order valence-electron chi connectivity index (χ4n) is 1.67. The summed E-state index contributed by atoms with van der Waals surface area (Å²) in [5, 5.41) is 5.30. The highest BCUT2D eigenvalue weighted by molar-refractivity contribution is 5.96. The number of amides is 2. The van der Waals surface area contributed by atoms with Gasteiger partial charge >= 0.3 is 0 Å². The average Bonchev–Trinajstić information content (AvgIpc) is 3.05. The van der Waals surface area contributed by atoms with E-state index in [1.54, 1.807) is 30.5 Å². The van der Waals surface area contributed by atoms with Gasteiger partial charge in [-0.3, -0.25) is 9.59 Å². The molecule has 7 nitrogen and oxygen atoms in total. The fourth-order valence-corrected chi connectivity index (χ4v) is 1.67. The normalized spacial score (nSPS) is 9.95. The van der Waals surface area contributed by atoms with Gasteiger partial charge in [0.15, 0.2) is 5.76 Å². The zero-order valence-electron chi connectivity index (χ0n) is 11.5. The fraction of sp³-hybridized carbons (Fsp3) is 0.214. The SMILES string of the molecule is COc1ncccc1C(=O)NCCNC(=O)c1ccco1. The lowest BCUT2D eigenvalue weighted by Gasteiger charge is -2.08. The summed E-state index contributed by atoms with van der Waals surface area (Å²) >= 11 is 0. The van der Waals surface area contributed by atoms with Gasteiger partial charge in [0, 0.05) is 19.3 Å². The Morgan fingerprint density at radius 3 is 2.62 bits per heavy atom. The van der Waals surface area contributed by atoms with E-state index in [0.717, 1.165) is 0 Å². The monoisotopic (exact) mass is 289 g/mol. The maximum atomic E-state index is 11.9. The van der Waals surface area contributed by atoms with Gasteiger partial charge in [-0.1, -0.05) is 0 Å². The van der Waals surface area contributed by atoms with Crippen molar-refractivity contribution in [2.75, 3.05) is 20.2 Å². The van der Waals surface area contributed by atoms with Crippen molar-refractivity contribution in [1.82, 2.24) is 15.6 Å². The molecule has 0 saturated heterocycles. The number of hydrogen-bond acceptors (Lipinski definition) is 5. The summed E-state index contributed by atoms with van der Waals surface area (Å²) in [7, 11) is 1.45. The third kappa shape index (κ3) is 3.82. The second-order valence-electron chi connectivity index (χ2n) is 4.05. The van der Waals surface area contributed by atoms with Crippen molar-refractivity contribution in [2.24, 2.45) is 0 Å². The van der Waals surface area contributed by atoms with Crippen LogP contribution in [0.2, 0.25) is 0 Å². The van der Waals surface area contributed by atoms with Crippen LogP contribution in [0.4, 0.5) is 0 Å². The molecular formula is C14H15N3O4. The first-order valence-corrected chi connectivity index (χ1v) is 6.31. The highest BCUT2D eigenvalue weighted by atomic mass is 16.5. The molecule has 2 N–H and O–H groups in total. The van der Waals surface area contributed by atoms with Crippen LogP contribution in [-0.4, -0.2) is 37.0 Å². The van der Waals surface area contributed by atoms with Crippen molar-refractivity contribution in [3.05, 3.63) is 48.0 Å². The first-order valence-electron chi connectivity index (χ1n) is 6.31. The van der Waals surface area contributed by atoms with Gasteiger partial charge in [-0.25, -0.2) is 4.98 Å². The van der Waals surface area contributed by atoms with Crippen molar-refractivity contribution >= 4 is 11.8 Å². The predicted molar refractivity (Wildman–Crippen MR) is 74.2 cm³/mol. The lowest BCUT2D eigenvalue weighted by atomic mass is 10.2. The number of hydrogen-bond donors (Lipinski definition) is 2. The summed E-state index contributed by atoms with van der Waals surface area (Å²) in [5.74, 6) is -0.148. The number of nitrogens with one attached hydrogen (secondary N) is 2. The molecule has 2 heterocycles. The molecule has 0 radical (unpaired) electrons. The van der Waals surface area contributed by atoms with Crippen molar-refractivity contribution in [2.45, 2.75) is 0 Å². The number of rotatable bonds is 6. The third-order valence-corrected chi connectivity index (χ3v) is 2.65. The number of nitrogens with zero attached hydrogens (tertiary/aromatic N) is 1.